The molecule has 0 spiro atoms. The Labute approximate surface area is 157 Å². The molecular formula is C17H14N4O7. The fourth-order valence-corrected chi connectivity index (χ4v) is 2.25. The largest absolute Gasteiger partial charge is 0.502 e. The Morgan fingerprint density at radius 3 is 2.32 bits per heavy atom. The first kappa shape index (κ1) is 20.2. The van der Waals surface area contributed by atoms with Crippen molar-refractivity contribution < 1.29 is 24.5 Å². The molecule has 2 aromatic carbocycles. The topological polar surface area (TPSA) is 165 Å². The van der Waals surface area contributed by atoms with Crippen LogP contribution < -0.4 is 5.32 Å². The monoisotopic (exact) mass is 386 g/mol. The molecular weight excluding hydrogens is 372 g/mol. The summed E-state index contributed by atoms with van der Waals surface area (Å²) in [6, 6.07) is 7.62. The van der Waals surface area contributed by atoms with Gasteiger partial charge in [-0.05, 0) is 17.7 Å². The lowest BCUT2D eigenvalue weighted by molar-refractivity contribution is -0.394. The third-order valence-electron chi connectivity index (χ3n) is 3.66. The lowest BCUT2D eigenvalue weighted by Crippen LogP contribution is -2.17. The number of nitro benzene ring substituents is 2. The summed E-state index contributed by atoms with van der Waals surface area (Å²) in [5, 5.41) is 34.2. The molecule has 2 aromatic rings. The van der Waals surface area contributed by atoms with Crippen molar-refractivity contribution in [1.82, 2.24) is 5.32 Å². The van der Waals surface area contributed by atoms with Gasteiger partial charge in [-0.15, -0.1) is 0 Å². The number of non-ortho nitro benzene ring substituents is 1. The number of hydrogen-bond acceptors (Lipinski definition) is 8. The van der Waals surface area contributed by atoms with Crippen molar-refractivity contribution in [1.29, 1.82) is 0 Å². The van der Waals surface area contributed by atoms with E-state index in [0.717, 1.165) is 6.07 Å². The van der Waals surface area contributed by atoms with E-state index in [1.54, 1.807) is 24.3 Å². The van der Waals surface area contributed by atoms with Gasteiger partial charge in [-0.2, -0.15) is 0 Å². The zero-order chi connectivity index (χ0) is 20.8. The minimum Gasteiger partial charge on any atom is -0.502 e. The highest BCUT2D eigenvalue weighted by Gasteiger charge is 2.26. The molecule has 11 nitrogen and oxygen atoms in total. The van der Waals surface area contributed by atoms with Crippen LogP contribution in [0.25, 0.3) is 0 Å². The molecule has 0 unspecified atom stereocenters. The fraction of sp³-hybridized carbons (Fsp3) is 0.118. The Morgan fingerprint density at radius 2 is 1.79 bits per heavy atom. The molecule has 0 atom stereocenters. The standard InChI is InChI=1S/C17H14N4O7/c1-18-17(24)11-4-2-10(3-5-11)8-19-9-15(22)13-6-12(20(25)26)7-14(16(13)23)21(27)28/h2-8,23H,9H2,1H3,(H,18,24). The Kier molecular flexibility index (Phi) is 6.11. The minimum atomic E-state index is -1.02. The Balaban J connectivity index is 2.20. The van der Waals surface area contributed by atoms with Crippen molar-refractivity contribution in [3.05, 3.63) is 73.3 Å². The molecule has 0 saturated heterocycles. The van der Waals surface area contributed by atoms with Crippen molar-refractivity contribution >= 4 is 29.3 Å². The lowest BCUT2D eigenvalue weighted by Gasteiger charge is -2.03. The van der Waals surface area contributed by atoms with Gasteiger partial charge in [0.25, 0.3) is 11.6 Å². The molecule has 0 radical (unpaired) electrons. The average Bonchev–Trinajstić information content (AvgIpc) is 2.67. The van der Waals surface area contributed by atoms with E-state index in [1.807, 2.05) is 0 Å². The van der Waals surface area contributed by atoms with Crippen LogP contribution in [0.4, 0.5) is 11.4 Å². The molecule has 0 aliphatic carbocycles. The average molecular weight is 386 g/mol. The van der Waals surface area contributed by atoms with E-state index in [4.69, 9.17) is 0 Å². The highest BCUT2D eigenvalue weighted by molar-refractivity contribution is 6.02. The number of phenolic OH excluding ortho intramolecular Hbond substituents is 1. The highest BCUT2D eigenvalue weighted by Crippen LogP contribution is 2.34. The molecule has 144 valence electrons. The van der Waals surface area contributed by atoms with Crippen molar-refractivity contribution in [2.24, 2.45) is 4.99 Å². The number of ketones is 1. The van der Waals surface area contributed by atoms with Gasteiger partial charge in [0.1, 0.15) is 6.54 Å². The van der Waals surface area contributed by atoms with Gasteiger partial charge >= 0.3 is 5.69 Å². The van der Waals surface area contributed by atoms with Gasteiger partial charge in [-0.25, -0.2) is 0 Å². The Bertz CT molecular complexity index is 984. The Hall–Kier alpha value is -4.15. The van der Waals surface area contributed by atoms with Gasteiger partial charge in [0.05, 0.1) is 21.5 Å². The van der Waals surface area contributed by atoms with Crippen LogP contribution in [-0.4, -0.2) is 46.5 Å². The molecule has 0 bridgehead atoms. The molecule has 28 heavy (non-hydrogen) atoms. The molecule has 1 amide bonds. The third-order valence-corrected chi connectivity index (χ3v) is 3.66. The number of nitrogens with one attached hydrogen (secondary N) is 1. The van der Waals surface area contributed by atoms with Crippen LogP contribution in [-0.2, 0) is 0 Å². The molecule has 2 N–H and O–H groups in total. The maximum atomic E-state index is 12.2. The van der Waals surface area contributed by atoms with Gasteiger partial charge in [-0.3, -0.25) is 34.8 Å². The summed E-state index contributed by atoms with van der Waals surface area (Å²) in [5.74, 6) is -2.05. The zero-order valence-corrected chi connectivity index (χ0v) is 14.5. The maximum absolute atomic E-state index is 12.2. The zero-order valence-electron chi connectivity index (χ0n) is 14.5. The number of nitrogens with zero attached hydrogens (tertiary/aromatic N) is 3. The molecule has 0 fully saturated rings. The van der Waals surface area contributed by atoms with E-state index in [1.165, 1.54) is 13.3 Å². The van der Waals surface area contributed by atoms with Crippen molar-refractivity contribution in [2.75, 3.05) is 13.6 Å². The number of phenols is 1. The number of nitro groups is 2. The van der Waals surface area contributed by atoms with Crippen LogP contribution in [0.2, 0.25) is 0 Å². The van der Waals surface area contributed by atoms with Gasteiger partial charge in [-0.1, -0.05) is 12.1 Å². The first-order chi connectivity index (χ1) is 13.2. The summed E-state index contributed by atoms with van der Waals surface area (Å²) >= 11 is 0. The van der Waals surface area contributed by atoms with Crippen molar-refractivity contribution in [2.45, 2.75) is 0 Å². The van der Waals surface area contributed by atoms with Crippen LogP contribution in [0.3, 0.4) is 0 Å². The van der Waals surface area contributed by atoms with Crippen LogP contribution in [0.5, 0.6) is 5.75 Å². The van der Waals surface area contributed by atoms with Crippen molar-refractivity contribution in [3.8, 4) is 5.75 Å². The molecule has 0 heterocycles. The SMILES string of the molecule is CNC(=O)c1ccc(C=NCC(=O)c2cc([N+](=O)[O-])cc([N+](=O)[O-])c2O)cc1. The Morgan fingerprint density at radius 1 is 1.14 bits per heavy atom. The number of carbonyl (C=O) groups excluding carboxylic acids is 2. The molecule has 0 aromatic heterocycles. The second-order valence-corrected chi connectivity index (χ2v) is 5.47. The number of hydrogen-bond donors (Lipinski definition) is 2. The summed E-state index contributed by atoms with van der Waals surface area (Å²) in [6.07, 6.45) is 1.33. The number of amides is 1. The number of benzene rings is 2. The van der Waals surface area contributed by atoms with Crippen LogP contribution in [0, 0.1) is 20.2 Å². The van der Waals surface area contributed by atoms with E-state index < -0.39 is 44.9 Å². The predicted molar refractivity (Wildman–Crippen MR) is 98.0 cm³/mol. The second kappa shape index (κ2) is 8.49. The first-order valence-electron chi connectivity index (χ1n) is 7.75. The van der Waals surface area contributed by atoms with Gasteiger partial charge in [0.2, 0.25) is 5.75 Å². The van der Waals surface area contributed by atoms with Gasteiger partial charge in [0, 0.05) is 24.9 Å². The molecule has 11 heteroatoms. The van der Waals surface area contributed by atoms with E-state index >= 15 is 0 Å². The van der Waals surface area contributed by atoms with E-state index in [9.17, 15) is 34.9 Å². The predicted octanol–water partition coefficient (Wildman–Crippen LogP) is 1.87. The van der Waals surface area contributed by atoms with Crippen LogP contribution >= 0.6 is 0 Å². The third kappa shape index (κ3) is 4.52. The number of aromatic hydroxyl groups is 1. The quantitative estimate of drug-likeness (QED) is 0.317. The normalized spacial score (nSPS) is 10.6. The summed E-state index contributed by atoms with van der Waals surface area (Å²) in [7, 11) is 1.50. The lowest BCUT2D eigenvalue weighted by atomic mass is 10.1. The molecule has 0 aliphatic heterocycles. The van der Waals surface area contributed by atoms with E-state index in [-0.39, 0.29) is 5.91 Å². The van der Waals surface area contributed by atoms with Crippen LogP contribution in [0.15, 0.2) is 41.4 Å². The summed E-state index contributed by atoms with van der Waals surface area (Å²) < 4.78 is 0. The molecule has 2 rings (SSSR count). The maximum Gasteiger partial charge on any atom is 0.318 e. The summed E-state index contributed by atoms with van der Waals surface area (Å²) in [5.41, 5.74) is -1.18. The van der Waals surface area contributed by atoms with Crippen molar-refractivity contribution in [3.63, 3.8) is 0 Å². The fourth-order valence-electron chi connectivity index (χ4n) is 2.25. The number of carbonyl (C=O) groups is 2. The van der Waals surface area contributed by atoms with Crippen LogP contribution in [0.1, 0.15) is 26.3 Å². The number of Topliss-reactive ketones (excluding diaryl/α,β-unsaturated/α-hetero) is 1. The summed E-state index contributed by atoms with van der Waals surface area (Å²) in [6.45, 7) is -0.497. The van der Waals surface area contributed by atoms with Gasteiger partial charge in [0.15, 0.2) is 5.78 Å². The molecule has 0 saturated carbocycles. The number of rotatable bonds is 7. The van der Waals surface area contributed by atoms with Gasteiger partial charge < -0.3 is 10.4 Å². The smallest absolute Gasteiger partial charge is 0.318 e. The second-order valence-electron chi connectivity index (χ2n) is 5.47. The molecule has 0 aliphatic rings. The number of aliphatic imine (C=N–C) groups is 1. The first-order valence-corrected chi connectivity index (χ1v) is 7.75. The minimum absolute atomic E-state index is 0.263. The van der Waals surface area contributed by atoms with E-state index in [0.29, 0.717) is 17.2 Å². The summed E-state index contributed by atoms with van der Waals surface area (Å²) in [4.78, 5) is 47.4. The highest BCUT2D eigenvalue weighted by atomic mass is 16.6. The van der Waals surface area contributed by atoms with E-state index in [2.05, 4.69) is 10.3 Å².